The summed E-state index contributed by atoms with van der Waals surface area (Å²) in [4.78, 5) is 13.7. The summed E-state index contributed by atoms with van der Waals surface area (Å²) in [5.74, 6) is 0.879. The summed E-state index contributed by atoms with van der Waals surface area (Å²) in [5.41, 5.74) is 9.64. The van der Waals surface area contributed by atoms with Gasteiger partial charge in [0.05, 0.1) is 13.2 Å². The molecule has 2 N–H and O–H groups in total. The molecule has 1 fully saturated rings. The van der Waals surface area contributed by atoms with Crippen molar-refractivity contribution in [3.05, 3.63) is 53.6 Å². The Balaban J connectivity index is 1.41. The number of carbonyl (C=O) groups is 1. The number of hydrogen-bond donors (Lipinski definition) is 1. The summed E-state index contributed by atoms with van der Waals surface area (Å²) in [6.45, 7) is 9.36. The molecule has 2 aromatic rings. The van der Waals surface area contributed by atoms with E-state index in [-0.39, 0.29) is 11.5 Å². The number of amides is 1. The molecule has 1 amide bonds. The lowest BCUT2D eigenvalue weighted by Gasteiger charge is -2.26. The van der Waals surface area contributed by atoms with Gasteiger partial charge in [0.1, 0.15) is 18.5 Å². The maximum Gasteiger partial charge on any atom is 0.405 e. The van der Waals surface area contributed by atoms with E-state index in [1.54, 1.807) is 0 Å². The predicted octanol–water partition coefficient (Wildman–Crippen LogP) is 3.78. The first kappa shape index (κ1) is 20.7. The number of hydrogen-bond acceptors (Lipinski definition) is 5. The van der Waals surface area contributed by atoms with E-state index in [1.165, 1.54) is 5.56 Å². The van der Waals surface area contributed by atoms with Crippen LogP contribution in [0.15, 0.2) is 42.5 Å². The zero-order valence-electron chi connectivity index (χ0n) is 17.7. The highest BCUT2D eigenvalue weighted by Gasteiger charge is 2.41. The molecule has 1 aliphatic carbocycles. The molecule has 1 saturated heterocycles. The van der Waals surface area contributed by atoms with Gasteiger partial charge in [-0.25, -0.2) is 4.79 Å². The number of nitrogens with two attached hydrogens (primary N) is 1. The lowest BCUT2D eigenvalue weighted by molar-refractivity contribution is 0.0322. The topological polar surface area (TPSA) is 74.0 Å². The minimum Gasteiger partial charge on any atom is -0.492 e. The maximum atomic E-state index is 11.3. The van der Waals surface area contributed by atoms with Crippen LogP contribution in [0.5, 0.6) is 5.75 Å². The van der Waals surface area contributed by atoms with Crippen molar-refractivity contribution in [2.75, 3.05) is 39.5 Å². The summed E-state index contributed by atoms with van der Waals surface area (Å²) < 4.78 is 16.7. The lowest BCUT2D eigenvalue weighted by Crippen LogP contribution is -2.38. The van der Waals surface area contributed by atoms with Gasteiger partial charge in [0, 0.05) is 25.0 Å². The second-order valence-electron chi connectivity index (χ2n) is 8.72. The minimum atomic E-state index is -0.728. The molecule has 1 heterocycles. The van der Waals surface area contributed by atoms with Gasteiger partial charge >= 0.3 is 6.09 Å². The van der Waals surface area contributed by atoms with Crippen molar-refractivity contribution in [2.45, 2.75) is 26.4 Å². The van der Waals surface area contributed by atoms with Crippen LogP contribution in [-0.2, 0) is 15.9 Å². The van der Waals surface area contributed by atoms with Crippen LogP contribution in [0.25, 0.3) is 11.1 Å². The third-order valence-corrected chi connectivity index (χ3v) is 5.98. The fraction of sp³-hybridized carbons (Fsp3) is 0.458. The largest absolute Gasteiger partial charge is 0.492 e. The van der Waals surface area contributed by atoms with Gasteiger partial charge in [-0.1, -0.05) is 44.2 Å². The second-order valence-corrected chi connectivity index (χ2v) is 8.72. The third-order valence-electron chi connectivity index (χ3n) is 5.98. The van der Waals surface area contributed by atoms with Gasteiger partial charge in [0.15, 0.2) is 0 Å². The standard InChI is InChI=1S/C24H30N2O4/c1-24(2)16-19-15-18(5-8-21(19)22(24)30-23(25)27)17-3-6-20(7-4-17)29-14-11-26-9-12-28-13-10-26/h3-8,15,22H,9-14,16H2,1-2H3,(H2,25,27). The zero-order valence-corrected chi connectivity index (χ0v) is 17.7. The van der Waals surface area contributed by atoms with Crippen LogP contribution in [0.1, 0.15) is 31.1 Å². The monoisotopic (exact) mass is 410 g/mol. The average Bonchev–Trinajstić information content (AvgIpc) is 2.98. The van der Waals surface area contributed by atoms with Gasteiger partial charge in [-0.3, -0.25) is 4.90 Å². The molecule has 6 heteroatoms. The fourth-order valence-electron chi connectivity index (χ4n) is 4.40. The van der Waals surface area contributed by atoms with Crippen molar-refractivity contribution in [1.82, 2.24) is 4.90 Å². The van der Waals surface area contributed by atoms with Gasteiger partial charge in [-0.2, -0.15) is 0 Å². The van der Waals surface area contributed by atoms with E-state index in [2.05, 4.69) is 49.1 Å². The first-order chi connectivity index (χ1) is 14.4. The molecule has 30 heavy (non-hydrogen) atoms. The third kappa shape index (κ3) is 4.60. The average molecular weight is 411 g/mol. The highest BCUT2D eigenvalue weighted by molar-refractivity contribution is 5.68. The van der Waals surface area contributed by atoms with Gasteiger partial charge < -0.3 is 19.9 Å². The summed E-state index contributed by atoms with van der Waals surface area (Å²) >= 11 is 0. The SMILES string of the molecule is CC1(C)Cc2cc(-c3ccc(OCCN4CCOCC4)cc3)ccc2C1OC(N)=O. The van der Waals surface area contributed by atoms with Crippen LogP contribution < -0.4 is 10.5 Å². The van der Waals surface area contributed by atoms with Crippen LogP contribution in [-0.4, -0.2) is 50.4 Å². The number of nitrogens with zero attached hydrogens (tertiary/aromatic N) is 1. The van der Waals surface area contributed by atoms with Crippen LogP contribution in [0, 0.1) is 5.41 Å². The number of morpholine rings is 1. The molecule has 0 bridgehead atoms. The van der Waals surface area contributed by atoms with Crippen molar-refractivity contribution < 1.29 is 19.0 Å². The molecule has 0 saturated carbocycles. The Labute approximate surface area is 177 Å². The van der Waals surface area contributed by atoms with Crippen LogP contribution in [0.2, 0.25) is 0 Å². The van der Waals surface area contributed by atoms with E-state index in [1.807, 2.05) is 12.1 Å². The number of benzene rings is 2. The Hall–Kier alpha value is -2.57. The molecule has 160 valence electrons. The molecule has 1 atom stereocenters. The molecule has 2 aliphatic rings. The van der Waals surface area contributed by atoms with Crippen LogP contribution in [0.3, 0.4) is 0 Å². The quantitative estimate of drug-likeness (QED) is 0.784. The summed E-state index contributed by atoms with van der Waals surface area (Å²) in [7, 11) is 0. The highest BCUT2D eigenvalue weighted by Crippen LogP contribution is 2.48. The van der Waals surface area contributed by atoms with Crippen LogP contribution in [0.4, 0.5) is 4.79 Å². The first-order valence-electron chi connectivity index (χ1n) is 10.5. The summed E-state index contributed by atoms with van der Waals surface area (Å²) in [5, 5.41) is 0. The lowest BCUT2D eigenvalue weighted by atomic mass is 9.87. The molecule has 0 radical (unpaired) electrons. The minimum absolute atomic E-state index is 0.172. The second kappa shape index (κ2) is 8.66. The molecular formula is C24H30N2O4. The molecule has 0 spiro atoms. The van der Waals surface area contributed by atoms with E-state index in [4.69, 9.17) is 19.9 Å². The van der Waals surface area contributed by atoms with Crippen molar-refractivity contribution >= 4 is 6.09 Å². The Bertz CT molecular complexity index is 889. The highest BCUT2D eigenvalue weighted by atomic mass is 16.6. The van der Waals surface area contributed by atoms with Gasteiger partial charge in [-0.05, 0) is 40.8 Å². The Morgan fingerprint density at radius 2 is 1.83 bits per heavy atom. The Kier molecular flexibility index (Phi) is 5.97. The van der Waals surface area contributed by atoms with E-state index in [0.29, 0.717) is 6.61 Å². The summed E-state index contributed by atoms with van der Waals surface area (Å²) in [6, 6.07) is 14.5. The summed E-state index contributed by atoms with van der Waals surface area (Å²) in [6.07, 6.45) is -0.188. The number of fused-ring (bicyclic) bond motifs is 1. The van der Waals surface area contributed by atoms with Gasteiger partial charge in [0.25, 0.3) is 0 Å². The van der Waals surface area contributed by atoms with Crippen molar-refractivity contribution in [1.29, 1.82) is 0 Å². The van der Waals surface area contributed by atoms with E-state index in [9.17, 15) is 4.79 Å². The smallest absolute Gasteiger partial charge is 0.405 e. The van der Waals surface area contributed by atoms with Crippen molar-refractivity contribution in [2.24, 2.45) is 11.1 Å². The molecule has 6 nitrogen and oxygen atoms in total. The Morgan fingerprint density at radius 1 is 1.13 bits per heavy atom. The molecule has 2 aromatic carbocycles. The molecule has 1 unspecified atom stereocenters. The first-order valence-corrected chi connectivity index (χ1v) is 10.5. The zero-order chi connectivity index (χ0) is 21.1. The Morgan fingerprint density at radius 3 is 2.53 bits per heavy atom. The maximum absolute atomic E-state index is 11.3. The molecule has 0 aromatic heterocycles. The number of carbonyl (C=O) groups excluding carboxylic acids is 1. The predicted molar refractivity (Wildman–Crippen MR) is 116 cm³/mol. The molecule has 4 rings (SSSR count). The van der Waals surface area contributed by atoms with E-state index < -0.39 is 6.09 Å². The fourth-order valence-corrected chi connectivity index (χ4v) is 4.40. The molecule has 1 aliphatic heterocycles. The number of ether oxygens (including phenoxy) is 3. The van der Waals surface area contributed by atoms with E-state index >= 15 is 0 Å². The van der Waals surface area contributed by atoms with Crippen molar-refractivity contribution in [3.63, 3.8) is 0 Å². The normalized spacial score (nSPS) is 20.5. The number of rotatable bonds is 6. The van der Waals surface area contributed by atoms with Crippen molar-refractivity contribution in [3.8, 4) is 16.9 Å². The molecular weight excluding hydrogens is 380 g/mol. The van der Waals surface area contributed by atoms with Gasteiger partial charge in [0.2, 0.25) is 0 Å². The van der Waals surface area contributed by atoms with E-state index in [0.717, 1.165) is 61.7 Å². The van der Waals surface area contributed by atoms with Gasteiger partial charge in [-0.15, -0.1) is 0 Å². The van der Waals surface area contributed by atoms with Crippen LogP contribution >= 0.6 is 0 Å². The number of primary amides is 1.